The average Bonchev–Trinajstić information content (AvgIpc) is 3.27. The van der Waals surface area contributed by atoms with Gasteiger partial charge in [-0.1, -0.05) is 52.3 Å². The summed E-state index contributed by atoms with van der Waals surface area (Å²) in [6, 6.07) is 15.1. The van der Waals surface area contributed by atoms with E-state index in [9.17, 15) is 8.60 Å². The molecule has 5 rings (SSSR count). The van der Waals surface area contributed by atoms with E-state index in [1.165, 1.54) is 28.8 Å². The minimum atomic E-state index is -1.22. The third-order valence-electron chi connectivity index (χ3n) is 7.59. The van der Waals surface area contributed by atoms with E-state index in [-0.39, 0.29) is 16.6 Å². The molecule has 0 amide bonds. The quantitative estimate of drug-likeness (QED) is 0.456. The number of nitrogens with one attached hydrogen (secondary N) is 1. The fourth-order valence-electron chi connectivity index (χ4n) is 5.42. The Balaban J connectivity index is 1.44. The van der Waals surface area contributed by atoms with Crippen molar-refractivity contribution >= 4 is 17.1 Å². The number of aromatic nitrogens is 2. The number of benzene rings is 2. The van der Waals surface area contributed by atoms with E-state index >= 15 is 0 Å². The van der Waals surface area contributed by atoms with Gasteiger partial charge in [-0.25, -0.2) is 17.6 Å². The van der Waals surface area contributed by atoms with Crippen LogP contribution < -0.4 is 5.32 Å². The lowest BCUT2D eigenvalue weighted by atomic mass is 9.68. The van der Waals surface area contributed by atoms with Gasteiger partial charge in [-0.05, 0) is 71.9 Å². The first kappa shape index (κ1) is 26.0. The topological polar surface area (TPSA) is 50.2 Å². The Morgan fingerprint density at radius 3 is 2.46 bits per heavy atom. The first-order valence-electron chi connectivity index (χ1n) is 13.1. The van der Waals surface area contributed by atoms with Crippen LogP contribution in [-0.4, -0.2) is 44.0 Å². The Kier molecular flexibility index (Phi) is 6.98. The maximum atomic E-state index is 13.7. The predicted octanol–water partition coefficient (Wildman–Crippen LogP) is 5.66. The Labute approximate surface area is 222 Å². The molecule has 0 radical (unpaired) electrons. The average molecular weight is 521 g/mol. The molecule has 1 aliphatic heterocycles. The van der Waals surface area contributed by atoms with Gasteiger partial charge in [0.25, 0.3) is 0 Å². The Hall–Kier alpha value is -2.61. The predicted molar refractivity (Wildman–Crippen MR) is 149 cm³/mol. The fraction of sp³-hybridized carbons (Fsp3) is 0.433. The molecule has 5 nitrogen and oxygen atoms in total. The van der Waals surface area contributed by atoms with E-state index in [2.05, 4.69) is 67.5 Å². The second-order valence-corrected chi connectivity index (χ2v) is 13.2. The van der Waals surface area contributed by atoms with Crippen molar-refractivity contribution in [1.29, 1.82) is 0 Å². The molecule has 1 fully saturated rings. The minimum Gasteiger partial charge on any atom is -0.314 e. The summed E-state index contributed by atoms with van der Waals surface area (Å²) in [5.41, 5.74) is 5.60. The molecule has 2 unspecified atom stereocenters. The third kappa shape index (κ3) is 5.22. The first-order chi connectivity index (χ1) is 17.6. The molecule has 37 heavy (non-hydrogen) atoms. The van der Waals surface area contributed by atoms with Gasteiger partial charge in [0.15, 0.2) is 0 Å². The fourth-order valence-corrected chi connectivity index (χ4v) is 6.70. The smallest absolute Gasteiger partial charge is 0.127 e. The SMILES string of the molecule is CC(C)NCC12Cc3cnn(-c4ccc(F)cc4)c3C=C1CCN(S(=O)c1ccc(C(C)(C)C)cc1)C2. The summed E-state index contributed by atoms with van der Waals surface area (Å²) < 4.78 is 31.3. The van der Waals surface area contributed by atoms with Crippen LogP contribution in [0.5, 0.6) is 0 Å². The molecular formula is C30H37FN4OS. The van der Waals surface area contributed by atoms with Crippen LogP contribution in [0.3, 0.4) is 0 Å². The summed E-state index contributed by atoms with van der Waals surface area (Å²) >= 11 is 0. The van der Waals surface area contributed by atoms with Gasteiger partial charge < -0.3 is 5.32 Å². The van der Waals surface area contributed by atoms with E-state index in [4.69, 9.17) is 0 Å². The molecule has 1 aliphatic carbocycles. The number of piperidine rings is 1. The highest BCUT2D eigenvalue weighted by atomic mass is 32.2. The van der Waals surface area contributed by atoms with Gasteiger partial charge >= 0.3 is 0 Å². The largest absolute Gasteiger partial charge is 0.314 e. The van der Waals surface area contributed by atoms with Gasteiger partial charge in [0.2, 0.25) is 0 Å². The van der Waals surface area contributed by atoms with Crippen molar-refractivity contribution in [3.63, 3.8) is 0 Å². The monoisotopic (exact) mass is 520 g/mol. The molecule has 7 heteroatoms. The zero-order chi connectivity index (χ0) is 26.4. The van der Waals surface area contributed by atoms with Gasteiger partial charge in [-0.2, -0.15) is 5.10 Å². The summed E-state index contributed by atoms with van der Waals surface area (Å²) in [6.45, 7) is 13.2. The van der Waals surface area contributed by atoms with E-state index in [1.807, 2.05) is 23.0 Å². The lowest BCUT2D eigenvalue weighted by Gasteiger charge is -2.46. The molecule has 1 aromatic heterocycles. The van der Waals surface area contributed by atoms with Gasteiger partial charge in [0, 0.05) is 31.1 Å². The zero-order valence-electron chi connectivity index (χ0n) is 22.4. The van der Waals surface area contributed by atoms with Crippen LogP contribution in [0, 0.1) is 11.2 Å². The lowest BCUT2D eigenvalue weighted by molar-refractivity contribution is 0.206. The summed E-state index contributed by atoms with van der Waals surface area (Å²) in [6.07, 6.45) is 5.88. The van der Waals surface area contributed by atoms with Gasteiger partial charge in [-0.15, -0.1) is 0 Å². The number of hydrogen-bond acceptors (Lipinski definition) is 3. The second-order valence-electron chi connectivity index (χ2n) is 11.7. The first-order valence-corrected chi connectivity index (χ1v) is 14.2. The molecule has 3 aromatic rings. The van der Waals surface area contributed by atoms with E-state index in [1.54, 1.807) is 12.1 Å². The summed E-state index contributed by atoms with van der Waals surface area (Å²) in [7, 11) is -1.22. The van der Waals surface area contributed by atoms with Crippen molar-refractivity contribution in [2.75, 3.05) is 19.6 Å². The number of halogens is 1. The second kappa shape index (κ2) is 9.93. The molecular weight excluding hydrogens is 483 g/mol. The molecule has 0 spiro atoms. The summed E-state index contributed by atoms with van der Waals surface area (Å²) in [5.74, 6) is -0.254. The molecule has 2 heterocycles. The van der Waals surface area contributed by atoms with Crippen LogP contribution in [0.15, 0.2) is 65.2 Å². The molecule has 2 aromatic carbocycles. The minimum absolute atomic E-state index is 0.0651. The Morgan fingerprint density at radius 1 is 1.11 bits per heavy atom. The normalized spacial score (nSPS) is 20.9. The number of hydrogen-bond donors (Lipinski definition) is 1. The van der Waals surface area contributed by atoms with Crippen molar-refractivity contribution in [2.45, 2.75) is 63.8 Å². The molecule has 2 atom stereocenters. The lowest BCUT2D eigenvalue weighted by Crippen LogP contribution is -2.53. The highest BCUT2D eigenvalue weighted by molar-refractivity contribution is 7.82. The Morgan fingerprint density at radius 2 is 1.81 bits per heavy atom. The van der Waals surface area contributed by atoms with Crippen molar-refractivity contribution in [3.8, 4) is 5.69 Å². The molecule has 1 saturated heterocycles. The Bertz CT molecular complexity index is 1320. The summed E-state index contributed by atoms with van der Waals surface area (Å²) in [4.78, 5) is 0.855. The molecule has 0 saturated carbocycles. The van der Waals surface area contributed by atoms with Crippen molar-refractivity contribution in [1.82, 2.24) is 19.4 Å². The van der Waals surface area contributed by atoms with Crippen LogP contribution in [0.1, 0.15) is 57.9 Å². The molecule has 196 valence electrons. The van der Waals surface area contributed by atoms with Crippen LogP contribution in [0.2, 0.25) is 0 Å². The molecule has 0 bridgehead atoms. The maximum absolute atomic E-state index is 13.7. The van der Waals surface area contributed by atoms with Crippen molar-refractivity contribution in [2.24, 2.45) is 5.41 Å². The van der Waals surface area contributed by atoms with E-state index in [0.717, 1.165) is 42.2 Å². The maximum Gasteiger partial charge on any atom is 0.127 e. The van der Waals surface area contributed by atoms with Gasteiger partial charge in [0.1, 0.15) is 16.8 Å². The van der Waals surface area contributed by atoms with Crippen LogP contribution in [0.25, 0.3) is 11.8 Å². The van der Waals surface area contributed by atoms with Crippen LogP contribution >= 0.6 is 0 Å². The molecule has 2 aliphatic rings. The van der Waals surface area contributed by atoms with Crippen molar-refractivity contribution in [3.05, 3.63) is 82.9 Å². The highest BCUT2D eigenvalue weighted by Gasteiger charge is 2.44. The number of fused-ring (bicyclic) bond motifs is 2. The third-order valence-corrected chi connectivity index (χ3v) is 9.05. The number of rotatable bonds is 6. The standard InChI is InChI=1S/C30H37FN4OS/c1-21(2)32-19-30-17-22-18-33-35(26-10-8-25(31)9-11-26)28(22)16-24(30)14-15-34(20-30)37(36)27-12-6-23(7-13-27)29(3,4)5/h6-13,16,18,21,32H,14-15,17,19-20H2,1-5H3. The molecule has 1 N–H and O–H groups in total. The van der Waals surface area contributed by atoms with Gasteiger partial charge in [-0.3, -0.25) is 0 Å². The summed E-state index contributed by atoms with van der Waals surface area (Å²) in [5, 5.41) is 8.34. The highest BCUT2D eigenvalue weighted by Crippen LogP contribution is 2.44. The van der Waals surface area contributed by atoms with Gasteiger partial charge in [0.05, 0.1) is 22.5 Å². The van der Waals surface area contributed by atoms with Crippen molar-refractivity contribution < 1.29 is 8.60 Å². The zero-order valence-corrected chi connectivity index (χ0v) is 23.2. The van der Waals surface area contributed by atoms with E-state index in [0.29, 0.717) is 12.6 Å². The number of nitrogens with zero attached hydrogens (tertiary/aromatic N) is 3. The van der Waals surface area contributed by atoms with E-state index < -0.39 is 11.0 Å². The van der Waals surface area contributed by atoms with Crippen LogP contribution in [0.4, 0.5) is 4.39 Å². The van der Waals surface area contributed by atoms with Crippen LogP contribution in [-0.2, 0) is 22.8 Å².